The minimum absolute atomic E-state index is 0.0203. The van der Waals surface area contributed by atoms with Crippen LogP contribution in [0.15, 0.2) is 0 Å². The molecule has 0 aromatic rings. The lowest BCUT2D eigenvalue weighted by Gasteiger charge is -2.29. The monoisotopic (exact) mass is 201 g/mol. The molecule has 1 aliphatic heterocycles. The molecule has 4 heteroatoms. The third-order valence-corrected chi connectivity index (χ3v) is 2.62. The average molecular weight is 201 g/mol. The summed E-state index contributed by atoms with van der Waals surface area (Å²) >= 11 is 0. The van der Waals surface area contributed by atoms with Crippen molar-refractivity contribution in [3.63, 3.8) is 0 Å². The molecule has 2 unspecified atom stereocenters. The fourth-order valence-corrected chi connectivity index (χ4v) is 1.84. The zero-order valence-corrected chi connectivity index (χ0v) is 8.88. The maximum absolute atomic E-state index is 11.2. The molecule has 1 fully saturated rings. The third-order valence-electron chi connectivity index (χ3n) is 2.62. The number of rotatable bonds is 4. The largest absolute Gasteiger partial charge is 0.466 e. The van der Waals surface area contributed by atoms with E-state index in [1.807, 2.05) is 0 Å². The molecule has 0 bridgehead atoms. The molecule has 0 saturated carbocycles. The molecule has 1 rings (SSSR count). The first-order valence-electron chi connectivity index (χ1n) is 5.17. The van der Waals surface area contributed by atoms with Crippen LogP contribution in [0, 0.1) is 0 Å². The van der Waals surface area contributed by atoms with Gasteiger partial charge in [-0.25, -0.2) is 0 Å². The summed E-state index contributed by atoms with van der Waals surface area (Å²) in [6, 6.07) is 0.0203. The maximum atomic E-state index is 11.2. The summed E-state index contributed by atoms with van der Waals surface area (Å²) in [4.78, 5) is 11.2. The van der Waals surface area contributed by atoms with Gasteiger partial charge in [0.2, 0.25) is 0 Å². The lowest BCUT2D eigenvalue weighted by molar-refractivity contribution is -0.149. The van der Waals surface area contributed by atoms with E-state index in [0.29, 0.717) is 6.61 Å². The predicted octanol–water partition coefficient (Wildman–Crippen LogP) is 0.443. The van der Waals surface area contributed by atoms with E-state index >= 15 is 0 Å². The fraction of sp³-hybridized carbons (Fsp3) is 0.900. The Bertz CT molecular complexity index is 198. The average Bonchev–Trinajstić information content (AvgIpc) is 2.54. The second kappa shape index (κ2) is 4.75. The molecule has 0 radical (unpaired) electrons. The van der Waals surface area contributed by atoms with Gasteiger partial charge in [-0.2, -0.15) is 0 Å². The molecule has 82 valence electrons. The summed E-state index contributed by atoms with van der Waals surface area (Å²) in [5.41, 5.74) is -0.983. The molecule has 0 spiro atoms. The first kappa shape index (κ1) is 11.5. The number of ether oxygens (including phenoxy) is 1. The van der Waals surface area contributed by atoms with Crippen molar-refractivity contribution >= 4 is 5.97 Å². The van der Waals surface area contributed by atoms with Crippen LogP contribution in [0.1, 0.15) is 33.1 Å². The van der Waals surface area contributed by atoms with Gasteiger partial charge in [0.25, 0.3) is 0 Å². The van der Waals surface area contributed by atoms with Gasteiger partial charge < -0.3 is 15.2 Å². The van der Waals surface area contributed by atoms with Gasteiger partial charge >= 0.3 is 5.97 Å². The van der Waals surface area contributed by atoms with Crippen molar-refractivity contribution in [1.29, 1.82) is 0 Å². The molecule has 0 amide bonds. The molecule has 1 saturated heterocycles. The number of carbonyl (C=O) groups is 1. The minimum atomic E-state index is -0.983. The zero-order valence-electron chi connectivity index (χ0n) is 8.88. The van der Waals surface area contributed by atoms with E-state index in [1.165, 1.54) is 0 Å². The smallest absolute Gasteiger partial charge is 0.308 e. The van der Waals surface area contributed by atoms with Crippen molar-refractivity contribution in [2.24, 2.45) is 0 Å². The Kier molecular flexibility index (Phi) is 3.89. The SMILES string of the molecule is CCOC(=O)CC(C)(O)C1CCCN1. The molecule has 2 N–H and O–H groups in total. The Morgan fingerprint density at radius 1 is 1.71 bits per heavy atom. The summed E-state index contributed by atoms with van der Waals surface area (Å²) < 4.78 is 4.81. The van der Waals surface area contributed by atoms with Gasteiger partial charge in [-0.05, 0) is 33.2 Å². The Labute approximate surface area is 84.6 Å². The number of carbonyl (C=O) groups excluding carboxylic acids is 1. The third kappa shape index (κ3) is 2.96. The van der Waals surface area contributed by atoms with Crippen molar-refractivity contribution in [3.8, 4) is 0 Å². The fourth-order valence-electron chi connectivity index (χ4n) is 1.84. The van der Waals surface area contributed by atoms with Crippen LogP contribution in [-0.2, 0) is 9.53 Å². The van der Waals surface area contributed by atoms with Crippen LogP contribution in [0.25, 0.3) is 0 Å². The molecule has 14 heavy (non-hydrogen) atoms. The maximum Gasteiger partial charge on any atom is 0.308 e. The van der Waals surface area contributed by atoms with Crippen molar-refractivity contribution < 1.29 is 14.6 Å². The summed E-state index contributed by atoms with van der Waals surface area (Å²) in [6.07, 6.45) is 2.05. The highest BCUT2D eigenvalue weighted by molar-refractivity contribution is 5.70. The summed E-state index contributed by atoms with van der Waals surface area (Å²) in [6.45, 7) is 4.74. The quantitative estimate of drug-likeness (QED) is 0.648. The van der Waals surface area contributed by atoms with Crippen LogP contribution >= 0.6 is 0 Å². The van der Waals surface area contributed by atoms with E-state index in [-0.39, 0.29) is 18.4 Å². The second-order valence-electron chi connectivity index (χ2n) is 3.99. The van der Waals surface area contributed by atoms with Gasteiger partial charge in [-0.15, -0.1) is 0 Å². The van der Waals surface area contributed by atoms with E-state index in [1.54, 1.807) is 13.8 Å². The summed E-state index contributed by atoms with van der Waals surface area (Å²) in [5.74, 6) is -0.328. The topological polar surface area (TPSA) is 58.6 Å². The van der Waals surface area contributed by atoms with E-state index in [9.17, 15) is 9.90 Å². The Hall–Kier alpha value is -0.610. The van der Waals surface area contributed by atoms with Crippen molar-refractivity contribution in [2.45, 2.75) is 44.8 Å². The van der Waals surface area contributed by atoms with Crippen molar-refractivity contribution in [3.05, 3.63) is 0 Å². The summed E-state index contributed by atoms with van der Waals surface area (Å²) in [7, 11) is 0. The van der Waals surface area contributed by atoms with Gasteiger partial charge in [0.05, 0.1) is 18.6 Å². The predicted molar refractivity (Wildman–Crippen MR) is 52.9 cm³/mol. The van der Waals surface area contributed by atoms with E-state index in [2.05, 4.69) is 5.32 Å². The Balaban J connectivity index is 2.43. The molecular weight excluding hydrogens is 182 g/mol. The van der Waals surface area contributed by atoms with Gasteiger partial charge in [0, 0.05) is 6.04 Å². The van der Waals surface area contributed by atoms with Crippen LogP contribution in [0.2, 0.25) is 0 Å². The molecule has 0 aromatic carbocycles. The van der Waals surface area contributed by atoms with Gasteiger partial charge in [0.15, 0.2) is 0 Å². The highest BCUT2D eigenvalue weighted by atomic mass is 16.5. The molecule has 1 heterocycles. The van der Waals surface area contributed by atoms with Crippen LogP contribution < -0.4 is 5.32 Å². The molecule has 0 aromatic heterocycles. The molecular formula is C10H19NO3. The molecule has 4 nitrogen and oxygen atoms in total. The number of esters is 1. The first-order valence-corrected chi connectivity index (χ1v) is 5.17. The molecule has 0 aliphatic carbocycles. The molecule has 2 atom stereocenters. The van der Waals surface area contributed by atoms with E-state index < -0.39 is 5.60 Å². The Morgan fingerprint density at radius 3 is 2.93 bits per heavy atom. The molecule has 1 aliphatic rings. The van der Waals surface area contributed by atoms with Crippen molar-refractivity contribution in [2.75, 3.05) is 13.2 Å². The minimum Gasteiger partial charge on any atom is -0.466 e. The Morgan fingerprint density at radius 2 is 2.43 bits per heavy atom. The van der Waals surface area contributed by atoms with Gasteiger partial charge in [0.1, 0.15) is 0 Å². The van der Waals surface area contributed by atoms with Crippen LogP contribution in [0.5, 0.6) is 0 Å². The van der Waals surface area contributed by atoms with Crippen LogP contribution in [0.4, 0.5) is 0 Å². The van der Waals surface area contributed by atoms with Crippen LogP contribution in [0.3, 0.4) is 0 Å². The standard InChI is InChI=1S/C10H19NO3/c1-3-14-9(12)7-10(2,13)8-5-4-6-11-8/h8,11,13H,3-7H2,1-2H3. The lowest BCUT2D eigenvalue weighted by atomic mass is 9.92. The first-order chi connectivity index (χ1) is 6.56. The summed E-state index contributed by atoms with van der Waals surface area (Å²) in [5, 5.41) is 13.2. The van der Waals surface area contributed by atoms with Crippen molar-refractivity contribution in [1.82, 2.24) is 5.32 Å². The number of aliphatic hydroxyl groups is 1. The lowest BCUT2D eigenvalue weighted by Crippen LogP contribution is -2.46. The highest BCUT2D eigenvalue weighted by Crippen LogP contribution is 2.22. The van der Waals surface area contributed by atoms with Gasteiger partial charge in [-0.1, -0.05) is 0 Å². The number of nitrogens with one attached hydrogen (secondary N) is 1. The highest BCUT2D eigenvalue weighted by Gasteiger charge is 2.36. The second-order valence-corrected chi connectivity index (χ2v) is 3.99. The zero-order chi connectivity index (χ0) is 10.6. The van der Waals surface area contributed by atoms with Crippen LogP contribution in [-0.4, -0.2) is 35.9 Å². The number of hydrogen-bond donors (Lipinski definition) is 2. The van der Waals surface area contributed by atoms with E-state index in [0.717, 1.165) is 19.4 Å². The van der Waals surface area contributed by atoms with E-state index in [4.69, 9.17) is 4.74 Å². The normalized spacial score (nSPS) is 25.8. The van der Waals surface area contributed by atoms with Gasteiger partial charge in [-0.3, -0.25) is 4.79 Å². The number of hydrogen-bond acceptors (Lipinski definition) is 4.